The minimum Gasteiger partial charge on any atom is -0.756 e. The summed E-state index contributed by atoms with van der Waals surface area (Å²) in [6.07, 6.45) is 42.6. The van der Waals surface area contributed by atoms with Gasteiger partial charge in [0.05, 0.1) is 26.4 Å². The van der Waals surface area contributed by atoms with E-state index in [2.05, 4.69) is 13.8 Å². The Kier molecular flexibility index (Phi) is 53.7. The molecule has 0 amide bonds. The first-order valence-corrected chi connectivity index (χ1v) is 25.5. The topological polar surface area (TPSA) is 117 Å². The van der Waals surface area contributed by atoms with Gasteiger partial charge in [-0.1, -0.05) is 219 Å². The van der Waals surface area contributed by atoms with Crippen LogP contribution in [0.4, 0.5) is 0 Å². The van der Waals surface area contributed by atoms with Gasteiger partial charge in [0, 0.05) is 0 Å². The van der Waals surface area contributed by atoms with E-state index < -0.39 is 15.6 Å². The summed E-state index contributed by atoms with van der Waals surface area (Å²) in [5.41, 5.74) is 0. The Morgan fingerprint density at radius 2 is 0.407 bits per heavy atom. The van der Waals surface area contributed by atoms with Gasteiger partial charge in [-0.05, 0) is 25.7 Å². The monoisotopic (exact) mass is 827 g/mol. The molecule has 0 rings (SSSR count). The molecule has 0 aromatic rings. The fourth-order valence-corrected chi connectivity index (χ4v) is 8.20. The fraction of sp³-hybridized carbons (Fsp3) is 1.00. The van der Waals surface area contributed by atoms with E-state index in [1.165, 1.54) is 154 Å². The average molecular weight is 827 g/mol. The van der Waals surface area contributed by atoms with Crippen LogP contribution in [0.5, 0.6) is 0 Å². The van der Waals surface area contributed by atoms with E-state index in [1.807, 2.05) is 0 Å². The zero-order valence-electron chi connectivity index (χ0n) is 36.4. The molecule has 0 bridgehead atoms. The molecule has 0 aromatic carbocycles. The van der Waals surface area contributed by atoms with Crippen molar-refractivity contribution in [3.63, 3.8) is 0 Å². The van der Waals surface area contributed by atoms with Crippen LogP contribution >= 0.6 is 15.6 Å². The molecule has 0 aliphatic heterocycles. The number of hydrogen-bond acceptors (Lipinski definition) is 8. The Morgan fingerprint density at radius 1 is 0.278 bits per heavy atom. The molecule has 0 fully saturated rings. The summed E-state index contributed by atoms with van der Waals surface area (Å²) in [5.74, 6) is 0. The van der Waals surface area contributed by atoms with Crippen LogP contribution in [0.25, 0.3) is 0 Å². The summed E-state index contributed by atoms with van der Waals surface area (Å²) in [6.45, 7) is 5.41. The molecule has 8 nitrogen and oxygen atoms in total. The normalized spacial score (nSPS) is 13.6. The van der Waals surface area contributed by atoms with Crippen LogP contribution in [-0.2, 0) is 27.2 Å². The summed E-state index contributed by atoms with van der Waals surface area (Å²) in [6, 6.07) is 0. The Labute approximate surface area is 380 Å². The maximum Gasteiger partial charge on any atom is 1.00 e. The molecule has 2 unspecified atom stereocenters. The second-order valence-electron chi connectivity index (χ2n) is 15.2. The summed E-state index contributed by atoms with van der Waals surface area (Å²) in [4.78, 5) is 23.9. The van der Waals surface area contributed by atoms with Crippen molar-refractivity contribution in [3.05, 3.63) is 0 Å². The molecule has 0 aliphatic carbocycles. The number of rotatable bonds is 45. The molecule has 314 valence electrons. The molecule has 12 heteroatoms. The van der Waals surface area contributed by atoms with E-state index in [9.17, 15) is 18.9 Å². The molecule has 0 heterocycles. The van der Waals surface area contributed by atoms with E-state index >= 15 is 0 Å². The van der Waals surface area contributed by atoms with Crippen LogP contribution in [0.2, 0.25) is 0 Å². The van der Waals surface area contributed by atoms with Gasteiger partial charge < -0.3 is 27.9 Å². The molecule has 0 saturated heterocycles. The van der Waals surface area contributed by atoms with Gasteiger partial charge in [-0.3, -0.25) is 9.13 Å². The minimum absolute atomic E-state index is 0. The van der Waals surface area contributed by atoms with Gasteiger partial charge in [-0.2, -0.15) is 0 Å². The minimum atomic E-state index is -4.15. The maximum absolute atomic E-state index is 11.9. The standard InChI is InChI=1S/C42H88O8P2.2Na/c1-3-5-7-9-11-13-23-27-31-35-39-47-51(43,44)49-41-37-33-29-25-21-19-17-15-16-18-20-22-26-30-34-38-42-50-52(45,46)48-40-36-32-28-24-14-12-10-8-6-4-2;;/h3-42H2,1-2H3,(H,43,44)(H,45,46);;/q;2*+1/p-2. The van der Waals surface area contributed by atoms with Gasteiger partial charge in [0.2, 0.25) is 0 Å². The second kappa shape index (κ2) is 47.9. The summed E-state index contributed by atoms with van der Waals surface area (Å²) in [7, 11) is -8.31. The van der Waals surface area contributed by atoms with Crippen molar-refractivity contribution in [2.24, 2.45) is 0 Å². The Bertz CT molecular complexity index is 748. The fourth-order valence-electron chi connectivity index (χ4n) is 6.64. The van der Waals surface area contributed by atoms with Crippen LogP contribution < -0.4 is 68.9 Å². The second-order valence-corrected chi connectivity index (χ2v) is 18.1. The van der Waals surface area contributed by atoms with Crippen LogP contribution in [0.15, 0.2) is 0 Å². The van der Waals surface area contributed by atoms with Crippen LogP contribution in [0.3, 0.4) is 0 Å². The predicted octanol–water partition coefficient (Wildman–Crippen LogP) is 8.08. The van der Waals surface area contributed by atoms with Gasteiger partial charge >= 0.3 is 59.1 Å². The third-order valence-corrected chi connectivity index (χ3v) is 12.0. The molecule has 0 radical (unpaired) electrons. The molecule has 0 N–H and O–H groups in total. The largest absolute Gasteiger partial charge is 1.00 e. The summed E-state index contributed by atoms with van der Waals surface area (Å²) < 4.78 is 44.0. The summed E-state index contributed by atoms with van der Waals surface area (Å²) >= 11 is 0. The number of hydrogen-bond donors (Lipinski definition) is 0. The van der Waals surface area contributed by atoms with E-state index in [0.29, 0.717) is 0 Å². The molecule has 0 spiro atoms. The molecular weight excluding hydrogens is 740 g/mol. The number of phosphoric ester groups is 2. The Balaban J connectivity index is -0.0000130. The van der Waals surface area contributed by atoms with Crippen LogP contribution in [-0.4, -0.2) is 26.4 Å². The first-order chi connectivity index (χ1) is 25.3. The average Bonchev–Trinajstić information content (AvgIpc) is 3.12. The van der Waals surface area contributed by atoms with E-state index in [-0.39, 0.29) is 85.5 Å². The van der Waals surface area contributed by atoms with Crippen molar-refractivity contribution in [1.82, 2.24) is 0 Å². The van der Waals surface area contributed by atoms with Gasteiger partial charge in [-0.25, -0.2) is 0 Å². The van der Waals surface area contributed by atoms with Crippen molar-refractivity contribution in [1.29, 1.82) is 0 Å². The molecule has 54 heavy (non-hydrogen) atoms. The van der Waals surface area contributed by atoms with Crippen molar-refractivity contribution < 1.29 is 96.1 Å². The molecule has 0 saturated carbocycles. The van der Waals surface area contributed by atoms with Gasteiger partial charge in [0.1, 0.15) is 0 Å². The zero-order chi connectivity index (χ0) is 38.1. The van der Waals surface area contributed by atoms with Crippen LogP contribution in [0, 0.1) is 0 Å². The third kappa shape index (κ3) is 50.4. The predicted molar refractivity (Wildman–Crippen MR) is 217 cm³/mol. The van der Waals surface area contributed by atoms with E-state index in [4.69, 9.17) is 18.1 Å². The first-order valence-electron chi connectivity index (χ1n) is 22.5. The molecule has 0 aliphatic rings. The van der Waals surface area contributed by atoms with Gasteiger partial charge in [0.15, 0.2) is 0 Å². The van der Waals surface area contributed by atoms with E-state index in [1.54, 1.807) is 0 Å². The third-order valence-electron chi connectivity index (χ3n) is 10.0. The maximum atomic E-state index is 11.9. The SMILES string of the molecule is CCCCCCCCCCCCOP(=O)([O-])OCCCCCCCCCCCCCCCCCCOP(=O)([O-])OCCCCCCCCCCCC.[Na+].[Na+]. The molecular formula is C42H86Na2O8P2. The van der Waals surface area contributed by atoms with Gasteiger partial charge in [0.25, 0.3) is 15.6 Å². The Hall–Kier alpha value is 2.22. The van der Waals surface area contributed by atoms with Crippen molar-refractivity contribution in [3.8, 4) is 0 Å². The smallest absolute Gasteiger partial charge is 0.756 e. The van der Waals surface area contributed by atoms with Crippen molar-refractivity contribution in [2.75, 3.05) is 26.4 Å². The molecule has 0 aromatic heterocycles. The van der Waals surface area contributed by atoms with Crippen LogP contribution in [0.1, 0.15) is 245 Å². The Morgan fingerprint density at radius 3 is 0.556 bits per heavy atom. The van der Waals surface area contributed by atoms with Crippen molar-refractivity contribution in [2.45, 2.75) is 245 Å². The first kappa shape index (κ1) is 60.5. The van der Waals surface area contributed by atoms with Crippen molar-refractivity contribution >= 4 is 15.6 Å². The quantitative estimate of drug-likeness (QED) is 0.0344. The number of unbranched alkanes of at least 4 members (excludes halogenated alkanes) is 33. The molecule has 2 atom stereocenters. The summed E-state index contributed by atoms with van der Waals surface area (Å²) in [5, 5.41) is 0. The van der Waals surface area contributed by atoms with E-state index in [0.717, 1.165) is 77.0 Å². The number of phosphoric acid groups is 2. The zero-order valence-corrected chi connectivity index (χ0v) is 42.2. The van der Waals surface area contributed by atoms with Gasteiger partial charge in [-0.15, -0.1) is 0 Å².